The van der Waals surface area contributed by atoms with Gasteiger partial charge in [0.05, 0.1) is 26.9 Å². The molecule has 36 heavy (non-hydrogen) atoms. The molecule has 4 rings (SSSR count). The number of hydrogen-bond acceptors (Lipinski definition) is 5. The van der Waals surface area contributed by atoms with Gasteiger partial charge in [-0.1, -0.05) is 55.8 Å². The lowest BCUT2D eigenvalue weighted by atomic mass is 9.97. The SMILES string of the molecule is CCCCOc1cc(OC)ccc1[C@@H]1[C@H](C(=O)OC)N(C)C(=O)N1c1ccc(-c2ccccc2)cc1. The Hall–Kier alpha value is -4.00. The number of ether oxygens (including phenoxy) is 3. The molecule has 0 radical (unpaired) electrons. The Morgan fingerprint density at radius 2 is 1.64 bits per heavy atom. The minimum Gasteiger partial charge on any atom is -0.497 e. The molecule has 3 aromatic rings. The zero-order chi connectivity index (χ0) is 25.7. The Labute approximate surface area is 212 Å². The Morgan fingerprint density at radius 3 is 2.28 bits per heavy atom. The molecular weight excluding hydrogens is 456 g/mol. The van der Waals surface area contributed by atoms with Gasteiger partial charge in [-0.05, 0) is 41.8 Å². The first-order valence-corrected chi connectivity index (χ1v) is 12.1. The third kappa shape index (κ3) is 4.87. The van der Waals surface area contributed by atoms with Gasteiger partial charge in [-0.3, -0.25) is 4.90 Å². The number of anilines is 1. The first-order valence-electron chi connectivity index (χ1n) is 12.1. The first-order chi connectivity index (χ1) is 17.5. The Bertz CT molecular complexity index is 1200. The smallest absolute Gasteiger partial charge is 0.331 e. The summed E-state index contributed by atoms with van der Waals surface area (Å²) in [7, 11) is 4.55. The second kappa shape index (κ2) is 11.2. The molecule has 0 N–H and O–H groups in total. The van der Waals surface area contributed by atoms with E-state index in [-0.39, 0.29) is 6.03 Å². The summed E-state index contributed by atoms with van der Waals surface area (Å²) >= 11 is 0. The summed E-state index contributed by atoms with van der Waals surface area (Å²) in [6.45, 7) is 2.61. The zero-order valence-electron chi connectivity index (χ0n) is 21.1. The van der Waals surface area contributed by atoms with Crippen LogP contribution in [0.15, 0.2) is 72.8 Å². The number of benzene rings is 3. The van der Waals surface area contributed by atoms with E-state index in [4.69, 9.17) is 14.2 Å². The van der Waals surface area contributed by atoms with E-state index in [1.807, 2.05) is 66.7 Å². The Morgan fingerprint density at radius 1 is 0.944 bits per heavy atom. The summed E-state index contributed by atoms with van der Waals surface area (Å²) in [5.74, 6) is 0.724. The summed E-state index contributed by atoms with van der Waals surface area (Å²) < 4.78 is 16.7. The lowest BCUT2D eigenvalue weighted by Crippen LogP contribution is -2.38. The van der Waals surface area contributed by atoms with Crippen molar-refractivity contribution in [2.75, 3.05) is 32.8 Å². The van der Waals surface area contributed by atoms with Crippen LogP contribution in [-0.4, -0.2) is 50.8 Å². The van der Waals surface area contributed by atoms with Crippen LogP contribution in [0.3, 0.4) is 0 Å². The normalized spacial score (nSPS) is 17.3. The van der Waals surface area contributed by atoms with E-state index in [0.29, 0.717) is 29.4 Å². The van der Waals surface area contributed by atoms with Gasteiger partial charge in [-0.25, -0.2) is 9.59 Å². The molecule has 188 valence electrons. The van der Waals surface area contributed by atoms with Crippen molar-refractivity contribution in [3.05, 3.63) is 78.4 Å². The quantitative estimate of drug-likeness (QED) is 0.286. The van der Waals surface area contributed by atoms with E-state index in [9.17, 15) is 9.59 Å². The summed E-state index contributed by atoms with van der Waals surface area (Å²) in [4.78, 5) is 29.6. The van der Waals surface area contributed by atoms with Gasteiger partial charge >= 0.3 is 12.0 Å². The molecule has 7 heteroatoms. The molecule has 1 heterocycles. The highest BCUT2D eigenvalue weighted by atomic mass is 16.5. The van der Waals surface area contributed by atoms with Gasteiger partial charge in [0.2, 0.25) is 0 Å². The van der Waals surface area contributed by atoms with Gasteiger partial charge in [0.1, 0.15) is 11.5 Å². The number of carbonyl (C=O) groups is 2. The monoisotopic (exact) mass is 488 g/mol. The molecule has 0 unspecified atom stereocenters. The number of likely N-dealkylation sites (N-methyl/N-ethyl adjacent to an activating group) is 1. The van der Waals surface area contributed by atoms with Gasteiger partial charge < -0.3 is 19.1 Å². The van der Waals surface area contributed by atoms with Crippen LogP contribution in [0.1, 0.15) is 31.4 Å². The lowest BCUT2D eigenvalue weighted by Gasteiger charge is -2.28. The van der Waals surface area contributed by atoms with Crippen LogP contribution in [0.25, 0.3) is 11.1 Å². The minimum absolute atomic E-state index is 0.293. The molecule has 0 bridgehead atoms. The number of urea groups is 1. The number of hydrogen-bond donors (Lipinski definition) is 0. The summed E-state index contributed by atoms with van der Waals surface area (Å²) in [5, 5.41) is 0. The van der Waals surface area contributed by atoms with Crippen molar-refractivity contribution in [1.29, 1.82) is 0 Å². The lowest BCUT2D eigenvalue weighted by molar-refractivity contribution is -0.145. The van der Waals surface area contributed by atoms with Gasteiger partial charge in [-0.2, -0.15) is 0 Å². The number of nitrogens with zero attached hydrogens (tertiary/aromatic N) is 2. The molecule has 0 saturated carbocycles. The van der Waals surface area contributed by atoms with E-state index in [0.717, 1.165) is 24.0 Å². The highest BCUT2D eigenvalue weighted by molar-refractivity contribution is 6.01. The van der Waals surface area contributed by atoms with Crippen LogP contribution in [0.5, 0.6) is 11.5 Å². The van der Waals surface area contributed by atoms with E-state index >= 15 is 0 Å². The summed E-state index contributed by atoms with van der Waals surface area (Å²) in [6.07, 6.45) is 1.86. The van der Waals surface area contributed by atoms with Crippen LogP contribution >= 0.6 is 0 Å². The highest BCUT2D eigenvalue weighted by Crippen LogP contribution is 2.43. The Balaban J connectivity index is 1.80. The average molecular weight is 489 g/mol. The molecule has 2 atom stereocenters. The predicted molar refractivity (Wildman–Crippen MR) is 139 cm³/mol. The topological polar surface area (TPSA) is 68.3 Å². The molecule has 2 amide bonds. The van der Waals surface area contributed by atoms with Gasteiger partial charge in [0.15, 0.2) is 6.04 Å². The van der Waals surface area contributed by atoms with E-state index < -0.39 is 18.1 Å². The molecule has 0 aliphatic carbocycles. The van der Waals surface area contributed by atoms with E-state index in [1.165, 1.54) is 12.0 Å². The van der Waals surface area contributed by atoms with Crippen molar-refractivity contribution in [3.8, 4) is 22.6 Å². The number of rotatable bonds is 9. The summed E-state index contributed by atoms with van der Waals surface area (Å²) in [5.41, 5.74) is 3.51. The van der Waals surface area contributed by atoms with E-state index in [1.54, 1.807) is 25.1 Å². The largest absolute Gasteiger partial charge is 0.497 e. The van der Waals surface area contributed by atoms with E-state index in [2.05, 4.69) is 6.92 Å². The van der Waals surface area contributed by atoms with Crippen molar-refractivity contribution in [1.82, 2.24) is 4.90 Å². The Kier molecular flexibility index (Phi) is 7.78. The van der Waals surface area contributed by atoms with Crippen LogP contribution in [-0.2, 0) is 9.53 Å². The third-order valence-corrected chi connectivity index (χ3v) is 6.49. The molecule has 1 fully saturated rings. The van der Waals surface area contributed by atoms with Crippen molar-refractivity contribution in [2.45, 2.75) is 31.8 Å². The number of carbonyl (C=O) groups excluding carboxylic acids is 2. The molecule has 0 spiro atoms. The molecule has 1 aliphatic rings. The maximum atomic E-state index is 13.5. The second-order valence-electron chi connectivity index (χ2n) is 8.69. The van der Waals surface area contributed by atoms with Crippen molar-refractivity contribution in [2.24, 2.45) is 0 Å². The van der Waals surface area contributed by atoms with Crippen LogP contribution in [0.2, 0.25) is 0 Å². The molecule has 7 nitrogen and oxygen atoms in total. The van der Waals surface area contributed by atoms with Crippen molar-refractivity contribution < 1.29 is 23.8 Å². The van der Waals surface area contributed by atoms with Crippen molar-refractivity contribution in [3.63, 3.8) is 0 Å². The van der Waals surface area contributed by atoms with Gasteiger partial charge in [0, 0.05) is 24.4 Å². The fourth-order valence-electron chi connectivity index (χ4n) is 4.53. The van der Waals surface area contributed by atoms with Gasteiger partial charge in [0.25, 0.3) is 0 Å². The molecule has 1 saturated heterocycles. The fraction of sp³-hybridized carbons (Fsp3) is 0.310. The second-order valence-corrected chi connectivity index (χ2v) is 8.69. The van der Waals surface area contributed by atoms with Crippen LogP contribution in [0, 0.1) is 0 Å². The van der Waals surface area contributed by atoms with Crippen molar-refractivity contribution >= 4 is 17.7 Å². The van der Waals surface area contributed by atoms with Gasteiger partial charge in [-0.15, -0.1) is 0 Å². The zero-order valence-corrected chi connectivity index (χ0v) is 21.1. The minimum atomic E-state index is -0.849. The molecule has 0 aromatic heterocycles. The number of esters is 1. The highest BCUT2D eigenvalue weighted by Gasteiger charge is 2.50. The number of methoxy groups -OCH3 is 2. The molecular formula is C29H32N2O5. The third-order valence-electron chi connectivity index (χ3n) is 6.49. The first kappa shape index (κ1) is 25.1. The fourth-order valence-corrected chi connectivity index (χ4v) is 4.53. The number of unbranched alkanes of at least 4 members (excludes halogenated alkanes) is 1. The predicted octanol–water partition coefficient (Wildman–Crippen LogP) is 5.70. The number of amides is 2. The maximum Gasteiger partial charge on any atom is 0.331 e. The standard InChI is InChI=1S/C29H32N2O5/c1-5-6-18-36-25-19-23(34-3)16-17-24(25)26-27(28(32)35-4)30(2)29(33)31(26)22-14-12-21(13-15-22)20-10-8-7-9-11-20/h7-17,19,26-27H,5-6,18H2,1-4H3/t26-,27-/m1/s1. The van der Waals surface area contributed by atoms with Crippen LogP contribution in [0.4, 0.5) is 10.5 Å². The average Bonchev–Trinajstić information content (AvgIpc) is 3.18. The molecule has 1 aliphatic heterocycles. The summed E-state index contributed by atoms with van der Waals surface area (Å²) in [6, 6.07) is 21.5. The van der Waals surface area contributed by atoms with Crippen LogP contribution < -0.4 is 14.4 Å². The maximum absolute atomic E-state index is 13.5. The molecule has 3 aromatic carbocycles.